The van der Waals surface area contributed by atoms with Gasteiger partial charge < -0.3 is 20.3 Å². The van der Waals surface area contributed by atoms with Crippen molar-refractivity contribution in [2.45, 2.75) is 31.3 Å². The minimum absolute atomic E-state index is 0.0113. The van der Waals surface area contributed by atoms with Crippen molar-refractivity contribution in [3.05, 3.63) is 23.8 Å². The van der Waals surface area contributed by atoms with E-state index in [1.807, 2.05) is 13.0 Å². The maximum absolute atomic E-state index is 9.58. The third kappa shape index (κ3) is 2.53. The first-order valence-corrected chi connectivity index (χ1v) is 5.85. The molecule has 0 aliphatic heterocycles. The molecular formula is C13H19NO3. The van der Waals surface area contributed by atoms with Gasteiger partial charge >= 0.3 is 0 Å². The molecule has 0 radical (unpaired) electrons. The Bertz CT molecular complexity index is 404. The van der Waals surface area contributed by atoms with E-state index in [4.69, 9.17) is 4.74 Å². The lowest BCUT2D eigenvalue weighted by Gasteiger charge is -2.30. The molecule has 0 saturated heterocycles. The third-order valence-electron chi connectivity index (χ3n) is 3.23. The Morgan fingerprint density at radius 3 is 2.71 bits per heavy atom. The second kappa shape index (κ2) is 4.55. The van der Waals surface area contributed by atoms with Gasteiger partial charge in [-0.05, 0) is 37.5 Å². The fourth-order valence-electron chi connectivity index (χ4n) is 1.92. The minimum atomic E-state index is -0.484. The largest absolute Gasteiger partial charge is 0.504 e. The highest BCUT2D eigenvalue weighted by atomic mass is 16.5. The molecule has 1 atom stereocenters. The quantitative estimate of drug-likeness (QED) is 0.723. The fourth-order valence-corrected chi connectivity index (χ4v) is 1.92. The monoisotopic (exact) mass is 237 g/mol. The predicted octanol–water partition coefficient (Wildman–Crippen LogP) is 1.36. The Labute approximate surface area is 101 Å². The second-order valence-corrected chi connectivity index (χ2v) is 4.80. The highest BCUT2D eigenvalue weighted by molar-refractivity contribution is 5.44. The molecule has 1 saturated carbocycles. The van der Waals surface area contributed by atoms with Gasteiger partial charge in [-0.3, -0.25) is 0 Å². The van der Waals surface area contributed by atoms with Crippen LogP contribution in [0.15, 0.2) is 18.2 Å². The van der Waals surface area contributed by atoms with Crippen molar-refractivity contribution in [2.24, 2.45) is 0 Å². The van der Waals surface area contributed by atoms with Crippen molar-refractivity contribution in [3.63, 3.8) is 0 Å². The average molecular weight is 237 g/mol. The first kappa shape index (κ1) is 12.2. The number of benzene rings is 1. The van der Waals surface area contributed by atoms with E-state index in [0.29, 0.717) is 11.8 Å². The molecule has 4 nitrogen and oxygen atoms in total. The van der Waals surface area contributed by atoms with Crippen LogP contribution in [0.1, 0.15) is 25.3 Å². The van der Waals surface area contributed by atoms with Crippen LogP contribution in [-0.4, -0.2) is 30.0 Å². The van der Waals surface area contributed by atoms with E-state index in [9.17, 15) is 10.2 Å². The van der Waals surface area contributed by atoms with E-state index in [0.717, 1.165) is 18.4 Å². The summed E-state index contributed by atoms with van der Waals surface area (Å²) < 4.78 is 5.09. The van der Waals surface area contributed by atoms with Crippen LogP contribution < -0.4 is 10.1 Å². The number of rotatable bonds is 5. The molecule has 1 aromatic rings. The van der Waals surface area contributed by atoms with E-state index in [1.165, 1.54) is 7.11 Å². The lowest BCUT2D eigenvalue weighted by Crippen LogP contribution is -2.44. The summed E-state index contributed by atoms with van der Waals surface area (Å²) in [6.45, 7) is 1.97. The first-order valence-electron chi connectivity index (χ1n) is 5.85. The maximum Gasteiger partial charge on any atom is 0.160 e. The Hall–Kier alpha value is -1.26. The van der Waals surface area contributed by atoms with E-state index in [-0.39, 0.29) is 12.4 Å². The third-order valence-corrected chi connectivity index (χ3v) is 3.23. The van der Waals surface area contributed by atoms with Crippen LogP contribution in [0, 0.1) is 0 Å². The average Bonchev–Trinajstić information content (AvgIpc) is 3.13. The summed E-state index contributed by atoms with van der Waals surface area (Å²) in [5.74, 6) is 0.544. The molecule has 0 amide bonds. The van der Waals surface area contributed by atoms with Crippen molar-refractivity contribution in [1.82, 2.24) is 5.32 Å². The number of nitrogens with one attached hydrogen (secondary N) is 1. The molecule has 1 fully saturated rings. The zero-order valence-corrected chi connectivity index (χ0v) is 10.2. The molecule has 0 bridgehead atoms. The molecule has 0 spiro atoms. The zero-order chi connectivity index (χ0) is 12.5. The van der Waals surface area contributed by atoms with Crippen LogP contribution >= 0.6 is 0 Å². The highest BCUT2D eigenvalue weighted by Crippen LogP contribution is 2.33. The van der Waals surface area contributed by atoms with Gasteiger partial charge in [0.25, 0.3) is 0 Å². The second-order valence-electron chi connectivity index (χ2n) is 4.80. The Morgan fingerprint density at radius 1 is 1.47 bits per heavy atom. The van der Waals surface area contributed by atoms with Gasteiger partial charge in [0.05, 0.1) is 19.3 Å². The van der Waals surface area contributed by atoms with Crippen LogP contribution in [0.5, 0.6) is 11.5 Å². The van der Waals surface area contributed by atoms with Gasteiger partial charge in [0.15, 0.2) is 11.5 Å². The van der Waals surface area contributed by atoms with Crippen LogP contribution in [0.2, 0.25) is 0 Å². The highest BCUT2D eigenvalue weighted by Gasteiger charge is 2.33. The van der Waals surface area contributed by atoms with Crippen molar-refractivity contribution in [2.75, 3.05) is 13.7 Å². The number of aromatic hydroxyl groups is 1. The van der Waals surface area contributed by atoms with Crippen LogP contribution in [0.3, 0.4) is 0 Å². The molecule has 1 aliphatic rings. The Balaban J connectivity index is 2.28. The molecule has 2 rings (SSSR count). The van der Waals surface area contributed by atoms with Crippen molar-refractivity contribution < 1.29 is 14.9 Å². The van der Waals surface area contributed by atoms with E-state index in [2.05, 4.69) is 5.32 Å². The van der Waals surface area contributed by atoms with Crippen molar-refractivity contribution in [3.8, 4) is 11.5 Å². The number of phenolic OH excluding ortho intramolecular Hbond substituents is 1. The number of aliphatic hydroxyl groups excluding tert-OH is 1. The summed E-state index contributed by atoms with van der Waals surface area (Å²) in [4.78, 5) is 0. The maximum atomic E-state index is 9.58. The van der Waals surface area contributed by atoms with Crippen molar-refractivity contribution >= 4 is 0 Å². The summed E-state index contributed by atoms with van der Waals surface area (Å²) in [7, 11) is 1.52. The molecule has 94 valence electrons. The van der Waals surface area contributed by atoms with Gasteiger partial charge in [-0.2, -0.15) is 0 Å². The van der Waals surface area contributed by atoms with Gasteiger partial charge in [0.2, 0.25) is 0 Å². The van der Waals surface area contributed by atoms with Gasteiger partial charge in [-0.15, -0.1) is 0 Å². The zero-order valence-electron chi connectivity index (χ0n) is 10.2. The van der Waals surface area contributed by atoms with Crippen LogP contribution in [0.25, 0.3) is 0 Å². The van der Waals surface area contributed by atoms with E-state index < -0.39 is 5.54 Å². The Kier molecular flexibility index (Phi) is 3.26. The molecule has 1 aliphatic carbocycles. The van der Waals surface area contributed by atoms with Gasteiger partial charge in [-0.1, -0.05) is 6.07 Å². The number of hydrogen-bond acceptors (Lipinski definition) is 4. The smallest absolute Gasteiger partial charge is 0.160 e. The Morgan fingerprint density at radius 2 is 2.18 bits per heavy atom. The summed E-state index contributed by atoms with van der Waals surface area (Å²) in [6.07, 6.45) is 2.32. The van der Waals surface area contributed by atoms with Gasteiger partial charge in [0.1, 0.15) is 0 Å². The first-order chi connectivity index (χ1) is 8.09. The molecule has 0 heterocycles. The molecule has 4 heteroatoms. The number of hydrogen-bond donors (Lipinski definition) is 3. The number of aliphatic hydroxyl groups is 1. The van der Waals surface area contributed by atoms with Gasteiger partial charge in [0, 0.05) is 6.04 Å². The number of ether oxygens (including phenoxy) is 1. The summed E-state index contributed by atoms with van der Waals surface area (Å²) in [5, 5.41) is 22.6. The normalized spacial score (nSPS) is 18.8. The molecular weight excluding hydrogens is 218 g/mol. The van der Waals surface area contributed by atoms with E-state index >= 15 is 0 Å². The predicted molar refractivity (Wildman–Crippen MR) is 65.3 cm³/mol. The van der Waals surface area contributed by atoms with E-state index in [1.54, 1.807) is 12.1 Å². The molecule has 3 N–H and O–H groups in total. The topological polar surface area (TPSA) is 61.7 Å². The SMILES string of the molecule is COc1cc(C(C)(CO)NC2CC2)ccc1O. The minimum Gasteiger partial charge on any atom is -0.504 e. The van der Waals surface area contributed by atoms with Crippen molar-refractivity contribution in [1.29, 1.82) is 0 Å². The lowest BCUT2D eigenvalue weighted by molar-refractivity contribution is 0.173. The summed E-state index contributed by atoms with van der Waals surface area (Å²) in [5.41, 5.74) is 0.434. The van der Waals surface area contributed by atoms with Crippen LogP contribution in [0.4, 0.5) is 0 Å². The standard InChI is InChI=1S/C13H19NO3/c1-13(8-15,14-10-4-5-10)9-3-6-11(16)12(7-9)17-2/h3,6-7,10,14-16H,4-5,8H2,1-2H3. The lowest BCUT2D eigenvalue weighted by atomic mass is 9.92. The summed E-state index contributed by atoms with van der Waals surface area (Å²) >= 11 is 0. The molecule has 1 aromatic carbocycles. The number of phenols is 1. The molecule has 1 unspecified atom stereocenters. The number of methoxy groups -OCH3 is 1. The van der Waals surface area contributed by atoms with Gasteiger partial charge in [-0.25, -0.2) is 0 Å². The van der Waals surface area contributed by atoms with Crippen LogP contribution in [-0.2, 0) is 5.54 Å². The molecule has 17 heavy (non-hydrogen) atoms. The molecule has 0 aromatic heterocycles. The fraction of sp³-hybridized carbons (Fsp3) is 0.538. The summed E-state index contributed by atoms with van der Waals surface area (Å²) in [6, 6.07) is 5.66.